The van der Waals surface area contributed by atoms with E-state index in [9.17, 15) is 4.79 Å². The summed E-state index contributed by atoms with van der Waals surface area (Å²) in [6.07, 6.45) is 6.19. The molecule has 0 bridgehead atoms. The number of nitrogen functional groups attached to an aromatic ring is 1. The minimum Gasteiger partial charge on any atom is -0.344 e. The van der Waals surface area contributed by atoms with Gasteiger partial charge in [-0.25, -0.2) is 15.8 Å². The number of fused-ring (bicyclic) bond motifs is 1. The van der Waals surface area contributed by atoms with Gasteiger partial charge in [-0.3, -0.25) is 4.79 Å². The largest absolute Gasteiger partial charge is 0.344 e. The lowest BCUT2D eigenvalue weighted by Crippen LogP contribution is -2.35. The molecule has 0 aliphatic carbocycles. The zero-order valence-electron chi connectivity index (χ0n) is 11.3. The maximum atomic E-state index is 12.0. The molecule has 1 fully saturated rings. The van der Waals surface area contributed by atoms with E-state index in [1.54, 1.807) is 17.3 Å². The van der Waals surface area contributed by atoms with Crippen molar-refractivity contribution in [1.29, 1.82) is 0 Å². The van der Waals surface area contributed by atoms with Gasteiger partial charge in [0.25, 0.3) is 0 Å². The van der Waals surface area contributed by atoms with E-state index in [1.165, 1.54) is 0 Å². The standard InChI is InChI=1S/C12H17N7O/c1-17-4-2-5-18(8-10(17)20)12-11-14-3-6-19(11)7-9(15-12)16-13/h3,6-7,16H,2,4-5,8,13H2,1H3. The van der Waals surface area contributed by atoms with Gasteiger partial charge in [0.1, 0.15) is 0 Å². The Hall–Kier alpha value is -2.35. The predicted molar refractivity (Wildman–Crippen MR) is 75.3 cm³/mol. The fraction of sp³-hybridized carbons (Fsp3) is 0.417. The molecule has 2 aromatic heterocycles. The van der Waals surface area contributed by atoms with Crippen molar-refractivity contribution < 1.29 is 4.79 Å². The van der Waals surface area contributed by atoms with Crippen LogP contribution in [0.3, 0.4) is 0 Å². The van der Waals surface area contributed by atoms with Gasteiger partial charge in [0.05, 0.1) is 12.7 Å². The van der Waals surface area contributed by atoms with Gasteiger partial charge in [0, 0.05) is 32.5 Å². The number of aromatic nitrogens is 3. The van der Waals surface area contributed by atoms with Crippen LogP contribution in [0.1, 0.15) is 6.42 Å². The summed E-state index contributed by atoms with van der Waals surface area (Å²) in [6.45, 7) is 1.83. The number of amides is 1. The SMILES string of the molecule is CN1CCCN(c2nc(NN)cn3ccnc23)CC1=O. The van der Waals surface area contributed by atoms with Gasteiger partial charge >= 0.3 is 0 Å². The maximum Gasteiger partial charge on any atom is 0.241 e. The van der Waals surface area contributed by atoms with Crippen molar-refractivity contribution >= 4 is 23.2 Å². The highest BCUT2D eigenvalue weighted by atomic mass is 16.2. The molecule has 0 radical (unpaired) electrons. The number of hydrogen-bond donors (Lipinski definition) is 2. The summed E-state index contributed by atoms with van der Waals surface area (Å²) >= 11 is 0. The van der Waals surface area contributed by atoms with E-state index in [0.717, 1.165) is 25.2 Å². The first-order valence-electron chi connectivity index (χ1n) is 6.48. The second kappa shape index (κ2) is 4.97. The Morgan fingerprint density at radius 1 is 1.40 bits per heavy atom. The van der Waals surface area contributed by atoms with Crippen molar-refractivity contribution in [3.8, 4) is 0 Å². The average Bonchev–Trinajstić information content (AvgIpc) is 2.86. The van der Waals surface area contributed by atoms with Crippen LogP contribution in [0, 0.1) is 0 Å². The molecule has 0 atom stereocenters. The normalized spacial score (nSPS) is 16.6. The summed E-state index contributed by atoms with van der Waals surface area (Å²) in [4.78, 5) is 24.5. The van der Waals surface area contributed by atoms with Crippen molar-refractivity contribution in [3.63, 3.8) is 0 Å². The molecular formula is C12H17N7O. The first-order valence-corrected chi connectivity index (χ1v) is 6.48. The zero-order chi connectivity index (χ0) is 14.1. The summed E-state index contributed by atoms with van der Waals surface area (Å²) < 4.78 is 1.84. The van der Waals surface area contributed by atoms with Crippen LogP contribution in [0.5, 0.6) is 0 Å². The second-order valence-corrected chi connectivity index (χ2v) is 4.84. The number of carbonyl (C=O) groups excluding carboxylic acids is 1. The van der Waals surface area contributed by atoms with Gasteiger partial charge in [0.2, 0.25) is 5.91 Å². The van der Waals surface area contributed by atoms with Crippen LogP contribution in [0.25, 0.3) is 5.65 Å². The molecule has 3 N–H and O–H groups in total. The summed E-state index contributed by atoms with van der Waals surface area (Å²) in [7, 11) is 1.82. The van der Waals surface area contributed by atoms with Crippen LogP contribution in [-0.2, 0) is 4.79 Å². The number of imidazole rings is 1. The van der Waals surface area contributed by atoms with E-state index in [0.29, 0.717) is 18.2 Å². The quantitative estimate of drug-likeness (QED) is 0.576. The van der Waals surface area contributed by atoms with E-state index < -0.39 is 0 Å². The molecule has 8 nitrogen and oxygen atoms in total. The molecule has 1 saturated heterocycles. The molecule has 20 heavy (non-hydrogen) atoms. The average molecular weight is 275 g/mol. The number of carbonyl (C=O) groups is 1. The van der Waals surface area contributed by atoms with Crippen LogP contribution in [0.2, 0.25) is 0 Å². The Morgan fingerprint density at radius 3 is 3.05 bits per heavy atom. The van der Waals surface area contributed by atoms with Crippen molar-refractivity contribution in [2.45, 2.75) is 6.42 Å². The van der Waals surface area contributed by atoms with Crippen molar-refractivity contribution in [1.82, 2.24) is 19.3 Å². The summed E-state index contributed by atoms with van der Waals surface area (Å²) in [5.41, 5.74) is 3.27. The maximum absolute atomic E-state index is 12.0. The Labute approximate surface area is 116 Å². The topological polar surface area (TPSA) is 91.8 Å². The molecule has 3 rings (SSSR count). The lowest BCUT2D eigenvalue weighted by molar-refractivity contribution is -0.127. The molecule has 0 aromatic carbocycles. The van der Waals surface area contributed by atoms with Gasteiger partial charge in [-0.1, -0.05) is 0 Å². The number of anilines is 2. The van der Waals surface area contributed by atoms with E-state index in [4.69, 9.17) is 5.84 Å². The van der Waals surface area contributed by atoms with Crippen molar-refractivity contribution in [2.24, 2.45) is 5.84 Å². The number of hydrogen-bond acceptors (Lipinski definition) is 6. The molecule has 0 spiro atoms. The third kappa shape index (κ3) is 2.14. The lowest BCUT2D eigenvalue weighted by Gasteiger charge is -2.21. The predicted octanol–water partition coefficient (Wildman–Crippen LogP) is -0.317. The van der Waals surface area contributed by atoms with Crippen molar-refractivity contribution in [2.75, 3.05) is 37.0 Å². The van der Waals surface area contributed by atoms with E-state index in [1.807, 2.05) is 22.5 Å². The van der Waals surface area contributed by atoms with E-state index in [2.05, 4.69) is 15.4 Å². The van der Waals surface area contributed by atoms with Crippen LogP contribution in [0.15, 0.2) is 18.6 Å². The van der Waals surface area contributed by atoms with E-state index >= 15 is 0 Å². The number of nitrogens with one attached hydrogen (secondary N) is 1. The smallest absolute Gasteiger partial charge is 0.241 e. The molecule has 8 heteroatoms. The third-order valence-corrected chi connectivity index (χ3v) is 3.48. The Bertz CT molecular complexity index is 638. The molecule has 0 unspecified atom stereocenters. The zero-order valence-corrected chi connectivity index (χ0v) is 11.3. The van der Waals surface area contributed by atoms with Crippen LogP contribution in [0.4, 0.5) is 11.6 Å². The Morgan fingerprint density at radius 2 is 2.25 bits per heavy atom. The van der Waals surface area contributed by atoms with Gasteiger partial charge in [0.15, 0.2) is 17.3 Å². The highest BCUT2D eigenvalue weighted by Gasteiger charge is 2.22. The molecule has 1 aliphatic rings. The second-order valence-electron chi connectivity index (χ2n) is 4.84. The van der Waals surface area contributed by atoms with Crippen molar-refractivity contribution in [3.05, 3.63) is 18.6 Å². The van der Waals surface area contributed by atoms with Gasteiger partial charge in [-0.05, 0) is 6.42 Å². The fourth-order valence-electron chi connectivity index (χ4n) is 2.36. The molecule has 1 amide bonds. The van der Waals surface area contributed by atoms with Crippen LogP contribution >= 0.6 is 0 Å². The van der Waals surface area contributed by atoms with Crippen LogP contribution < -0.4 is 16.2 Å². The number of hydrazine groups is 1. The Balaban J connectivity index is 2.03. The number of rotatable bonds is 2. The fourth-order valence-corrected chi connectivity index (χ4v) is 2.36. The minimum absolute atomic E-state index is 0.0834. The Kier molecular flexibility index (Phi) is 3.15. The van der Waals surface area contributed by atoms with Gasteiger partial charge in [-0.15, -0.1) is 0 Å². The number of likely N-dealkylation sites (N-methyl/N-ethyl adjacent to an activating group) is 1. The summed E-state index contributed by atoms with van der Waals surface area (Å²) in [6, 6.07) is 0. The molecular weight excluding hydrogens is 258 g/mol. The van der Waals surface area contributed by atoms with Gasteiger partial charge in [-0.2, -0.15) is 0 Å². The van der Waals surface area contributed by atoms with Crippen LogP contribution in [-0.4, -0.2) is 51.9 Å². The molecule has 0 saturated carbocycles. The first kappa shape index (κ1) is 12.7. The highest BCUT2D eigenvalue weighted by Crippen LogP contribution is 2.21. The monoisotopic (exact) mass is 275 g/mol. The summed E-state index contributed by atoms with van der Waals surface area (Å²) in [5, 5.41) is 0. The first-order chi connectivity index (χ1) is 9.69. The number of nitrogens with zero attached hydrogens (tertiary/aromatic N) is 5. The highest BCUT2D eigenvalue weighted by molar-refractivity contribution is 5.83. The molecule has 2 aromatic rings. The molecule has 1 aliphatic heterocycles. The van der Waals surface area contributed by atoms with E-state index in [-0.39, 0.29) is 5.91 Å². The molecule has 3 heterocycles. The van der Waals surface area contributed by atoms with Gasteiger partial charge < -0.3 is 19.6 Å². The summed E-state index contributed by atoms with van der Waals surface area (Å²) in [5.74, 6) is 6.74. The third-order valence-electron chi connectivity index (χ3n) is 3.48. The molecule has 106 valence electrons. The lowest BCUT2D eigenvalue weighted by atomic mass is 10.4. The minimum atomic E-state index is 0.0834. The number of nitrogens with two attached hydrogens (primary N) is 1.